The number of likely N-dealkylation sites (tertiary alicyclic amines) is 1. The molecule has 0 spiro atoms. The van der Waals surface area contributed by atoms with Crippen molar-refractivity contribution in [2.45, 2.75) is 13.5 Å². The van der Waals surface area contributed by atoms with E-state index in [4.69, 9.17) is 9.47 Å². The molecule has 1 aromatic carbocycles. The maximum atomic E-state index is 12.0. The van der Waals surface area contributed by atoms with Gasteiger partial charge < -0.3 is 14.4 Å². The van der Waals surface area contributed by atoms with Gasteiger partial charge in [0.05, 0.1) is 13.0 Å². The fraction of sp³-hybridized carbons (Fsp3) is 0.467. The number of benzene rings is 1. The number of carbonyl (C=O) groups excluding carboxylic acids is 2. The molecule has 1 amide bonds. The molecule has 5 nitrogen and oxygen atoms in total. The highest BCUT2D eigenvalue weighted by molar-refractivity contribution is 5.76. The van der Waals surface area contributed by atoms with Gasteiger partial charge in [0, 0.05) is 13.1 Å². The SMILES string of the molecule is COC(=O)[C@H]1CN(C(=O)OCc2ccccc2)C[C@@H]1C. The van der Waals surface area contributed by atoms with Crippen LogP contribution in [0.5, 0.6) is 0 Å². The van der Waals surface area contributed by atoms with Gasteiger partial charge in [0.15, 0.2) is 0 Å². The second-order valence-electron chi connectivity index (χ2n) is 5.05. The first-order valence-electron chi connectivity index (χ1n) is 6.65. The van der Waals surface area contributed by atoms with Crippen molar-refractivity contribution in [3.63, 3.8) is 0 Å². The summed E-state index contributed by atoms with van der Waals surface area (Å²) < 4.78 is 10.0. The van der Waals surface area contributed by atoms with Crippen molar-refractivity contribution in [1.29, 1.82) is 0 Å². The number of methoxy groups -OCH3 is 1. The minimum atomic E-state index is -0.382. The summed E-state index contributed by atoms with van der Waals surface area (Å²) in [5.41, 5.74) is 0.942. The van der Waals surface area contributed by atoms with Crippen molar-refractivity contribution in [2.24, 2.45) is 11.8 Å². The topological polar surface area (TPSA) is 55.8 Å². The number of hydrogen-bond donors (Lipinski definition) is 0. The zero-order valence-corrected chi connectivity index (χ0v) is 11.7. The summed E-state index contributed by atoms with van der Waals surface area (Å²) in [5, 5.41) is 0. The van der Waals surface area contributed by atoms with Crippen molar-refractivity contribution in [2.75, 3.05) is 20.2 Å². The molecule has 1 fully saturated rings. The normalized spacial score (nSPS) is 21.6. The molecule has 2 atom stereocenters. The molecular formula is C15H19NO4. The van der Waals surface area contributed by atoms with E-state index in [0.717, 1.165) is 5.56 Å². The summed E-state index contributed by atoms with van der Waals surface area (Å²) in [4.78, 5) is 25.1. The van der Waals surface area contributed by atoms with Crippen molar-refractivity contribution < 1.29 is 19.1 Å². The lowest BCUT2D eigenvalue weighted by Crippen LogP contribution is -2.30. The molecule has 20 heavy (non-hydrogen) atoms. The van der Waals surface area contributed by atoms with Crippen LogP contribution in [0.15, 0.2) is 30.3 Å². The molecule has 2 rings (SSSR count). The maximum Gasteiger partial charge on any atom is 0.410 e. The third-order valence-electron chi connectivity index (χ3n) is 3.58. The molecule has 1 heterocycles. The van der Waals surface area contributed by atoms with Crippen LogP contribution in [-0.2, 0) is 20.9 Å². The van der Waals surface area contributed by atoms with E-state index in [1.54, 1.807) is 4.90 Å². The Balaban J connectivity index is 1.86. The van der Waals surface area contributed by atoms with Crippen molar-refractivity contribution in [3.8, 4) is 0 Å². The highest BCUT2D eigenvalue weighted by Gasteiger charge is 2.38. The van der Waals surface area contributed by atoms with E-state index in [1.807, 2.05) is 37.3 Å². The zero-order chi connectivity index (χ0) is 14.5. The number of ether oxygens (including phenoxy) is 2. The number of esters is 1. The van der Waals surface area contributed by atoms with Crippen molar-refractivity contribution >= 4 is 12.1 Å². The first kappa shape index (κ1) is 14.4. The lowest BCUT2D eigenvalue weighted by molar-refractivity contribution is -0.146. The van der Waals surface area contributed by atoms with E-state index in [2.05, 4.69) is 0 Å². The Morgan fingerprint density at radius 3 is 2.60 bits per heavy atom. The van der Waals surface area contributed by atoms with Crippen LogP contribution in [-0.4, -0.2) is 37.2 Å². The van der Waals surface area contributed by atoms with Crippen LogP contribution >= 0.6 is 0 Å². The van der Waals surface area contributed by atoms with Crippen LogP contribution < -0.4 is 0 Å². The van der Waals surface area contributed by atoms with Crippen molar-refractivity contribution in [1.82, 2.24) is 4.90 Å². The standard InChI is InChI=1S/C15H19NO4/c1-11-8-16(9-13(11)14(17)19-2)15(18)20-10-12-6-4-3-5-7-12/h3-7,11,13H,8-10H2,1-2H3/t11-,13-/m0/s1. The molecule has 1 aliphatic rings. The molecule has 0 N–H and O–H groups in total. The van der Waals surface area contributed by atoms with E-state index in [0.29, 0.717) is 13.1 Å². The smallest absolute Gasteiger partial charge is 0.410 e. The summed E-state index contributed by atoms with van der Waals surface area (Å²) >= 11 is 0. The molecule has 5 heteroatoms. The van der Waals surface area contributed by atoms with Crippen LogP contribution in [0, 0.1) is 11.8 Å². The third kappa shape index (κ3) is 3.29. The van der Waals surface area contributed by atoms with Gasteiger partial charge in [0.2, 0.25) is 0 Å². The Hall–Kier alpha value is -2.04. The van der Waals surface area contributed by atoms with E-state index >= 15 is 0 Å². The first-order chi connectivity index (χ1) is 9.61. The van der Waals surface area contributed by atoms with E-state index in [-0.39, 0.29) is 30.5 Å². The van der Waals surface area contributed by atoms with Gasteiger partial charge in [0.25, 0.3) is 0 Å². The molecule has 0 unspecified atom stereocenters. The second kappa shape index (κ2) is 6.41. The Morgan fingerprint density at radius 2 is 1.95 bits per heavy atom. The molecule has 0 aliphatic carbocycles. The Morgan fingerprint density at radius 1 is 1.25 bits per heavy atom. The monoisotopic (exact) mass is 277 g/mol. The predicted molar refractivity (Wildman–Crippen MR) is 72.9 cm³/mol. The van der Waals surface area contributed by atoms with E-state index in [1.165, 1.54) is 7.11 Å². The second-order valence-corrected chi connectivity index (χ2v) is 5.05. The van der Waals surface area contributed by atoms with Gasteiger partial charge in [0.1, 0.15) is 6.61 Å². The zero-order valence-electron chi connectivity index (χ0n) is 11.7. The van der Waals surface area contributed by atoms with Crippen LogP contribution in [0.1, 0.15) is 12.5 Å². The molecular weight excluding hydrogens is 258 g/mol. The summed E-state index contributed by atoms with van der Waals surface area (Å²) in [6.45, 7) is 3.06. The van der Waals surface area contributed by atoms with Crippen LogP contribution in [0.25, 0.3) is 0 Å². The van der Waals surface area contributed by atoms with Gasteiger partial charge in [-0.3, -0.25) is 4.79 Å². The fourth-order valence-corrected chi connectivity index (χ4v) is 2.38. The highest BCUT2D eigenvalue weighted by atomic mass is 16.6. The number of carbonyl (C=O) groups is 2. The molecule has 1 saturated heterocycles. The van der Waals surface area contributed by atoms with Gasteiger partial charge in [-0.2, -0.15) is 0 Å². The summed E-state index contributed by atoms with van der Waals surface area (Å²) in [6, 6.07) is 9.51. The molecule has 1 aliphatic heterocycles. The summed E-state index contributed by atoms with van der Waals surface area (Å²) in [5.74, 6) is -0.438. The van der Waals surface area contributed by atoms with Crippen LogP contribution in [0.4, 0.5) is 4.79 Å². The van der Waals surface area contributed by atoms with E-state index < -0.39 is 0 Å². The van der Waals surface area contributed by atoms with E-state index in [9.17, 15) is 9.59 Å². The Labute approximate surface area is 118 Å². The number of amides is 1. The molecule has 0 aromatic heterocycles. The van der Waals surface area contributed by atoms with Gasteiger partial charge >= 0.3 is 12.1 Å². The van der Waals surface area contributed by atoms with Crippen LogP contribution in [0.2, 0.25) is 0 Å². The average Bonchev–Trinajstić information content (AvgIpc) is 2.87. The maximum absolute atomic E-state index is 12.0. The minimum absolute atomic E-state index is 0.0896. The highest BCUT2D eigenvalue weighted by Crippen LogP contribution is 2.24. The Bertz CT molecular complexity index is 474. The first-order valence-corrected chi connectivity index (χ1v) is 6.65. The lowest BCUT2D eigenvalue weighted by atomic mass is 9.99. The largest absolute Gasteiger partial charge is 0.469 e. The van der Waals surface area contributed by atoms with Gasteiger partial charge in [-0.1, -0.05) is 37.3 Å². The van der Waals surface area contributed by atoms with Crippen LogP contribution in [0.3, 0.4) is 0 Å². The molecule has 108 valence electrons. The van der Waals surface area contributed by atoms with Crippen molar-refractivity contribution in [3.05, 3.63) is 35.9 Å². The molecule has 0 bridgehead atoms. The number of hydrogen-bond acceptors (Lipinski definition) is 4. The fourth-order valence-electron chi connectivity index (χ4n) is 2.38. The third-order valence-corrected chi connectivity index (χ3v) is 3.58. The van der Waals surface area contributed by atoms with Gasteiger partial charge in [-0.05, 0) is 11.5 Å². The average molecular weight is 277 g/mol. The quantitative estimate of drug-likeness (QED) is 0.794. The lowest BCUT2D eigenvalue weighted by Gasteiger charge is -2.15. The molecule has 0 saturated carbocycles. The predicted octanol–water partition coefficient (Wildman–Crippen LogP) is 2.06. The van der Waals surface area contributed by atoms with Gasteiger partial charge in [-0.15, -0.1) is 0 Å². The number of rotatable bonds is 3. The number of nitrogens with zero attached hydrogens (tertiary/aromatic N) is 1. The molecule has 0 radical (unpaired) electrons. The summed E-state index contributed by atoms with van der Waals surface area (Å²) in [7, 11) is 1.37. The summed E-state index contributed by atoms with van der Waals surface area (Å²) in [6.07, 6.45) is -0.382. The minimum Gasteiger partial charge on any atom is -0.469 e. The Kier molecular flexibility index (Phi) is 4.61. The molecule has 1 aromatic rings. The van der Waals surface area contributed by atoms with Gasteiger partial charge in [-0.25, -0.2) is 4.79 Å².